The van der Waals surface area contributed by atoms with E-state index in [4.69, 9.17) is 10.2 Å². The number of rotatable bonds is 13. The number of unbranched alkanes of at least 4 members (excludes halogenated alkanes) is 1. The molecule has 0 aliphatic rings. The van der Waals surface area contributed by atoms with Gasteiger partial charge in [-0.05, 0) is 37.8 Å². The molecule has 0 radical (unpaired) electrons. The zero-order valence-electron chi connectivity index (χ0n) is 16.2. The number of benzene rings is 1. The Hall–Kier alpha value is -3.63. The lowest BCUT2D eigenvalue weighted by molar-refractivity contribution is -0.140. The highest BCUT2D eigenvalue weighted by Gasteiger charge is 2.24. The van der Waals surface area contributed by atoms with Gasteiger partial charge in [-0.1, -0.05) is 18.2 Å². The van der Waals surface area contributed by atoms with Gasteiger partial charge in [0.15, 0.2) is 0 Å². The van der Waals surface area contributed by atoms with Gasteiger partial charge in [0, 0.05) is 18.5 Å². The van der Waals surface area contributed by atoms with E-state index in [2.05, 4.69) is 16.0 Å². The molecule has 164 valence electrons. The Morgan fingerprint density at radius 2 is 1.37 bits per heavy atom. The lowest BCUT2D eigenvalue weighted by atomic mass is 10.1. The Morgan fingerprint density at radius 3 is 1.90 bits per heavy atom. The topological polar surface area (TPSA) is 182 Å². The summed E-state index contributed by atoms with van der Waals surface area (Å²) in [4.78, 5) is 56.7. The average molecular weight is 423 g/mol. The monoisotopic (exact) mass is 423 g/mol. The highest BCUT2D eigenvalue weighted by molar-refractivity contribution is 5.94. The fraction of sp³-hybridized carbons (Fsp3) is 0.421. The molecule has 0 spiro atoms. The zero-order chi connectivity index (χ0) is 22.5. The van der Waals surface area contributed by atoms with Gasteiger partial charge in [-0.25, -0.2) is 14.4 Å². The maximum Gasteiger partial charge on any atom is 0.326 e. The normalized spacial score (nSPS) is 12.3. The minimum atomic E-state index is -1.45. The van der Waals surface area contributed by atoms with E-state index in [9.17, 15) is 29.1 Å². The van der Waals surface area contributed by atoms with Crippen molar-refractivity contribution < 1.29 is 39.3 Å². The Balaban J connectivity index is 2.39. The average Bonchev–Trinajstić information content (AvgIpc) is 2.69. The molecule has 0 heterocycles. The molecule has 6 N–H and O–H groups in total. The first-order valence-electron chi connectivity index (χ1n) is 9.28. The molecular weight excluding hydrogens is 398 g/mol. The summed E-state index contributed by atoms with van der Waals surface area (Å²) in [5.41, 5.74) is 0.509. The summed E-state index contributed by atoms with van der Waals surface area (Å²) in [7, 11) is 0. The second-order valence-electron chi connectivity index (χ2n) is 6.45. The fourth-order valence-corrected chi connectivity index (χ4v) is 2.51. The first-order chi connectivity index (χ1) is 14.2. The molecule has 0 aliphatic heterocycles. The smallest absolute Gasteiger partial charge is 0.326 e. The van der Waals surface area contributed by atoms with E-state index in [1.165, 1.54) is 0 Å². The van der Waals surface area contributed by atoms with Gasteiger partial charge in [0.2, 0.25) is 0 Å². The van der Waals surface area contributed by atoms with Gasteiger partial charge in [0.1, 0.15) is 12.1 Å². The second-order valence-corrected chi connectivity index (χ2v) is 6.45. The largest absolute Gasteiger partial charge is 0.481 e. The van der Waals surface area contributed by atoms with E-state index in [-0.39, 0.29) is 18.7 Å². The van der Waals surface area contributed by atoms with Gasteiger partial charge in [0.25, 0.3) is 5.91 Å². The molecule has 2 atom stereocenters. The van der Waals surface area contributed by atoms with Crippen molar-refractivity contribution in [3.05, 3.63) is 35.9 Å². The summed E-state index contributed by atoms with van der Waals surface area (Å²) in [6.07, 6.45) is 0.123. The fourth-order valence-electron chi connectivity index (χ4n) is 2.51. The lowest BCUT2D eigenvalue weighted by Gasteiger charge is -2.18. The van der Waals surface area contributed by atoms with E-state index < -0.39 is 42.4 Å². The van der Waals surface area contributed by atoms with Gasteiger partial charge < -0.3 is 31.3 Å². The van der Waals surface area contributed by atoms with Crippen LogP contribution in [0.1, 0.15) is 42.5 Å². The van der Waals surface area contributed by atoms with Crippen LogP contribution in [-0.2, 0) is 14.4 Å². The summed E-state index contributed by atoms with van der Waals surface area (Å²) < 4.78 is 0. The molecule has 0 bridgehead atoms. The number of carboxylic acids is 3. The molecule has 3 amide bonds. The van der Waals surface area contributed by atoms with E-state index in [1.807, 2.05) is 0 Å². The van der Waals surface area contributed by atoms with Crippen LogP contribution in [0, 0.1) is 0 Å². The van der Waals surface area contributed by atoms with Crippen molar-refractivity contribution in [2.24, 2.45) is 0 Å². The molecule has 0 saturated heterocycles. The number of urea groups is 1. The number of aliphatic carboxylic acids is 3. The summed E-state index contributed by atoms with van der Waals surface area (Å²) in [6, 6.07) is 4.86. The number of carboxylic acid groups (broad SMARTS) is 3. The van der Waals surface area contributed by atoms with Crippen LogP contribution in [0.2, 0.25) is 0 Å². The van der Waals surface area contributed by atoms with Crippen molar-refractivity contribution >= 4 is 29.8 Å². The first kappa shape index (κ1) is 24.4. The van der Waals surface area contributed by atoms with Crippen molar-refractivity contribution in [1.29, 1.82) is 0 Å². The van der Waals surface area contributed by atoms with Crippen LogP contribution in [0.3, 0.4) is 0 Å². The third kappa shape index (κ3) is 9.53. The number of carbonyl (C=O) groups excluding carboxylic acids is 2. The molecule has 0 aliphatic carbocycles. The summed E-state index contributed by atoms with van der Waals surface area (Å²) in [5, 5.41) is 33.8. The van der Waals surface area contributed by atoms with Gasteiger partial charge in [-0.2, -0.15) is 0 Å². The molecule has 0 fully saturated rings. The summed E-state index contributed by atoms with van der Waals surface area (Å²) in [6.45, 7) is 0.322. The molecule has 0 aromatic heterocycles. The summed E-state index contributed by atoms with van der Waals surface area (Å²) >= 11 is 0. The Kier molecular flexibility index (Phi) is 10.4. The van der Waals surface area contributed by atoms with Gasteiger partial charge >= 0.3 is 23.9 Å². The van der Waals surface area contributed by atoms with Crippen molar-refractivity contribution in [2.75, 3.05) is 6.54 Å². The van der Waals surface area contributed by atoms with Crippen LogP contribution in [0.5, 0.6) is 0 Å². The lowest BCUT2D eigenvalue weighted by Crippen LogP contribution is -2.51. The van der Waals surface area contributed by atoms with Crippen LogP contribution in [0.25, 0.3) is 0 Å². The molecular formula is C19H25N3O8. The molecule has 0 saturated carbocycles. The highest BCUT2D eigenvalue weighted by Crippen LogP contribution is 2.04. The van der Waals surface area contributed by atoms with Gasteiger partial charge in [-0.15, -0.1) is 0 Å². The molecule has 2 unspecified atom stereocenters. The predicted octanol–water partition coefficient (Wildman–Crippen LogP) is 0.657. The number of carbonyl (C=O) groups is 5. The van der Waals surface area contributed by atoms with Crippen molar-refractivity contribution in [3.8, 4) is 0 Å². The predicted molar refractivity (Wildman–Crippen MR) is 104 cm³/mol. The highest BCUT2D eigenvalue weighted by atomic mass is 16.4. The van der Waals surface area contributed by atoms with Crippen molar-refractivity contribution in [2.45, 2.75) is 44.2 Å². The van der Waals surface area contributed by atoms with Crippen molar-refractivity contribution in [1.82, 2.24) is 16.0 Å². The second kappa shape index (κ2) is 12.8. The first-order valence-corrected chi connectivity index (χ1v) is 9.28. The van der Waals surface area contributed by atoms with Gasteiger partial charge in [-0.3, -0.25) is 9.59 Å². The minimum absolute atomic E-state index is 0.0663. The van der Waals surface area contributed by atoms with Crippen LogP contribution >= 0.6 is 0 Å². The van der Waals surface area contributed by atoms with E-state index >= 15 is 0 Å². The Bertz CT molecular complexity index is 753. The maximum absolute atomic E-state index is 11.9. The standard InChI is InChI=1S/C19H25N3O8/c23-15(24)10-9-14(18(28)29)22-19(30)21-13(17(26)27)8-4-5-11-20-16(25)12-6-2-1-3-7-12/h1-3,6-7,13-14H,4-5,8-11H2,(H,20,25)(H,23,24)(H,26,27)(H,28,29)(H2,21,22,30). The number of hydrogen-bond acceptors (Lipinski definition) is 5. The van der Waals surface area contributed by atoms with Gasteiger partial charge in [0.05, 0.1) is 0 Å². The Labute approximate surface area is 172 Å². The molecule has 1 rings (SSSR count). The van der Waals surface area contributed by atoms with Crippen LogP contribution in [-0.4, -0.2) is 63.8 Å². The molecule has 1 aromatic rings. The third-order valence-electron chi connectivity index (χ3n) is 4.09. The SMILES string of the molecule is O=C(O)CCC(NC(=O)NC(CCCCNC(=O)c1ccccc1)C(=O)O)C(=O)O. The third-order valence-corrected chi connectivity index (χ3v) is 4.09. The molecule has 30 heavy (non-hydrogen) atoms. The zero-order valence-corrected chi connectivity index (χ0v) is 16.2. The maximum atomic E-state index is 11.9. The van der Waals surface area contributed by atoms with Crippen LogP contribution < -0.4 is 16.0 Å². The molecule has 11 heteroatoms. The van der Waals surface area contributed by atoms with E-state index in [1.54, 1.807) is 30.3 Å². The van der Waals surface area contributed by atoms with Crippen molar-refractivity contribution in [3.63, 3.8) is 0 Å². The van der Waals surface area contributed by atoms with Crippen LogP contribution in [0.4, 0.5) is 4.79 Å². The number of hydrogen-bond donors (Lipinski definition) is 6. The quantitative estimate of drug-likeness (QED) is 0.250. The summed E-state index contributed by atoms with van der Waals surface area (Å²) in [5.74, 6) is -4.18. The van der Waals surface area contributed by atoms with E-state index in [0.29, 0.717) is 24.9 Å². The number of amides is 3. The molecule has 11 nitrogen and oxygen atoms in total. The number of nitrogens with one attached hydrogen (secondary N) is 3. The van der Waals surface area contributed by atoms with Crippen LogP contribution in [0.15, 0.2) is 30.3 Å². The molecule has 1 aromatic carbocycles. The Morgan fingerprint density at radius 1 is 0.800 bits per heavy atom. The minimum Gasteiger partial charge on any atom is -0.481 e. The van der Waals surface area contributed by atoms with E-state index in [0.717, 1.165) is 0 Å².